The first kappa shape index (κ1) is 15.5. The molecule has 1 spiro atoms. The minimum absolute atomic E-state index is 0.0442. The number of morpholine rings is 1. The third kappa shape index (κ3) is 3.17. The van der Waals surface area contributed by atoms with Gasteiger partial charge in [-0.3, -0.25) is 4.79 Å². The van der Waals surface area contributed by atoms with Crippen molar-refractivity contribution >= 4 is 5.91 Å². The van der Waals surface area contributed by atoms with Crippen LogP contribution in [0.4, 0.5) is 0 Å². The molecule has 22 heavy (non-hydrogen) atoms. The van der Waals surface area contributed by atoms with E-state index in [1.165, 1.54) is 19.3 Å². The highest BCUT2D eigenvalue weighted by Crippen LogP contribution is 2.40. The topological polar surface area (TPSA) is 54.3 Å². The van der Waals surface area contributed by atoms with Crippen molar-refractivity contribution in [3.63, 3.8) is 0 Å². The van der Waals surface area contributed by atoms with Crippen LogP contribution in [0, 0.1) is 12.3 Å². The third-order valence-corrected chi connectivity index (χ3v) is 5.28. The van der Waals surface area contributed by atoms with Crippen molar-refractivity contribution in [1.29, 1.82) is 0 Å². The van der Waals surface area contributed by atoms with Gasteiger partial charge in [0.25, 0.3) is 0 Å². The molecule has 5 nitrogen and oxygen atoms in total. The van der Waals surface area contributed by atoms with Crippen molar-refractivity contribution < 1.29 is 9.53 Å². The number of terminal acetylenes is 1. The first-order valence-corrected chi connectivity index (χ1v) is 8.46. The van der Waals surface area contributed by atoms with E-state index < -0.39 is 0 Å². The molecule has 1 aliphatic carbocycles. The fraction of sp³-hybridized carbons (Fsp3) is 0.824. The second-order valence-electron chi connectivity index (χ2n) is 6.77. The zero-order valence-electron chi connectivity index (χ0n) is 13.2. The van der Waals surface area contributed by atoms with Gasteiger partial charge in [-0.2, -0.15) is 10.2 Å². The SMILES string of the molecule is C#CCCC1(CCC(=O)N2CCOCC23CCCCC3)N=N1. The van der Waals surface area contributed by atoms with Gasteiger partial charge in [0.15, 0.2) is 5.66 Å². The van der Waals surface area contributed by atoms with Crippen LogP contribution in [0.5, 0.6) is 0 Å². The summed E-state index contributed by atoms with van der Waals surface area (Å²) in [5.74, 6) is 2.87. The summed E-state index contributed by atoms with van der Waals surface area (Å²) in [7, 11) is 0. The summed E-state index contributed by atoms with van der Waals surface area (Å²) >= 11 is 0. The van der Waals surface area contributed by atoms with E-state index in [0.29, 0.717) is 32.5 Å². The Bertz CT molecular complexity index is 474. The Kier molecular flexibility index (Phi) is 4.49. The number of rotatable bonds is 5. The Hall–Kier alpha value is -1.41. The van der Waals surface area contributed by atoms with Crippen LogP contribution in [0.1, 0.15) is 57.8 Å². The van der Waals surface area contributed by atoms with Crippen molar-refractivity contribution in [1.82, 2.24) is 4.90 Å². The molecule has 2 aliphatic heterocycles. The van der Waals surface area contributed by atoms with Gasteiger partial charge in [-0.25, -0.2) is 0 Å². The second kappa shape index (κ2) is 6.37. The average molecular weight is 303 g/mol. The molecule has 3 rings (SSSR count). The predicted octanol–water partition coefficient (Wildman–Crippen LogP) is 2.90. The molecular weight excluding hydrogens is 278 g/mol. The lowest BCUT2D eigenvalue weighted by molar-refractivity contribution is -0.153. The smallest absolute Gasteiger partial charge is 0.223 e. The van der Waals surface area contributed by atoms with Crippen molar-refractivity contribution in [3.8, 4) is 12.3 Å². The van der Waals surface area contributed by atoms with Gasteiger partial charge in [0.05, 0.1) is 18.8 Å². The van der Waals surface area contributed by atoms with Crippen LogP contribution in [-0.2, 0) is 9.53 Å². The van der Waals surface area contributed by atoms with Gasteiger partial charge in [-0.05, 0) is 12.8 Å². The summed E-state index contributed by atoms with van der Waals surface area (Å²) in [6.07, 6.45) is 13.8. The molecular formula is C17H25N3O2. The molecule has 0 atom stereocenters. The lowest BCUT2D eigenvalue weighted by atomic mass is 9.80. The maximum Gasteiger partial charge on any atom is 0.223 e. The van der Waals surface area contributed by atoms with E-state index in [1.807, 2.05) is 0 Å². The quantitative estimate of drug-likeness (QED) is 0.733. The van der Waals surface area contributed by atoms with Crippen LogP contribution < -0.4 is 0 Å². The first-order chi connectivity index (χ1) is 10.7. The molecule has 120 valence electrons. The van der Waals surface area contributed by atoms with Crippen molar-refractivity contribution in [3.05, 3.63) is 0 Å². The highest BCUT2D eigenvalue weighted by atomic mass is 16.5. The minimum Gasteiger partial charge on any atom is -0.377 e. The molecule has 0 aromatic rings. The highest BCUT2D eigenvalue weighted by molar-refractivity contribution is 5.77. The monoisotopic (exact) mass is 303 g/mol. The van der Waals surface area contributed by atoms with Crippen LogP contribution in [-0.4, -0.2) is 41.8 Å². The first-order valence-electron chi connectivity index (χ1n) is 8.46. The molecule has 1 saturated heterocycles. The predicted molar refractivity (Wildman–Crippen MR) is 83.2 cm³/mol. The fourth-order valence-corrected chi connectivity index (χ4v) is 3.86. The molecule has 0 aromatic heterocycles. The summed E-state index contributed by atoms with van der Waals surface area (Å²) in [5, 5.41) is 8.25. The maximum atomic E-state index is 12.8. The minimum atomic E-state index is -0.353. The van der Waals surface area contributed by atoms with Gasteiger partial charge in [-0.15, -0.1) is 12.3 Å². The van der Waals surface area contributed by atoms with E-state index >= 15 is 0 Å². The maximum absolute atomic E-state index is 12.8. The summed E-state index contributed by atoms with van der Waals surface area (Å²) in [6.45, 7) is 2.09. The van der Waals surface area contributed by atoms with Crippen LogP contribution in [0.15, 0.2) is 10.2 Å². The van der Waals surface area contributed by atoms with E-state index in [9.17, 15) is 4.79 Å². The Morgan fingerprint density at radius 2 is 2.00 bits per heavy atom. The summed E-state index contributed by atoms with van der Waals surface area (Å²) in [5.41, 5.74) is -0.397. The molecule has 0 unspecified atom stereocenters. The molecule has 3 aliphatic rings. The van der Waals surface area contributed by atoms with E-state index in [1.54, 1.807) is 0 Å². The van der Waals surface area contributed by atoms with Crippen LogP contribution >= 0.6 is 0 Å². The number of carbonyl (C=O) groups is 1. The van der Waals surface area contributed by atoms with Crippen molar-refractivity contribution in [2.75, 3.05) is 19.8 Å². The van der Waals surface area contributed by atoms with Gasteiger partial charge in [0, 0.05) is 32.2 Å². The summed E-state index contributed by atoms with van der Waals surface area (Å²) in [6, 6.07) is 0. The van der Waals surface area contributed by atoms with E-state index in [4.69, 9.17) is 11.2 Å². The normalized spacial score (nSPS) is 25.0. The molecule has 2 fully saturated rings. The summed E-state index contributed by atoms with van der Waals surface area (Å²) in [4.78, 5) is 14.9. The summed E-state index contributed by atoms with van der Waals surface area (Å²) < 4.78 is 5.70. The molecule has 0 radical (unpaired) electrons. The van der Waals surface area contributed by atoms with Crippen LogP contribution in [0.2, 0.25) is 0 Å². The van der Waals surface area contributed by atoms with Gasteiger partial charge in [0.1, 0.15) is 0 Å². The zero-order valence-corrected chi connectivity index (χ0v) is 13.2. The molecule has 2 heterocycles. The highest BCUT2D eigenvalue weighted by Gasteiger charge is 2.44. The van der Waals surface area contributed by atoms with E-state index in [-0.39, 0.29) is 17.1 Å². The van der Waals surface area contributed by atoms with Gasteiger partial charge in [-0.1, -0.05) is 19.3 Å². The Labute approximate surface area is 132 Å². The molecule has 1 saturated carbocycles. The molecule has 5 heteroatoms. The number of nitrogens with zero attached hydrogens (tertiary/aromatic N) is 3. The van der Waals surface area contributed by atoms with Crippen LogP contribution in [0.25, 0.3) is 0 Å². The largest absolute Gasteiger partial charge is 0.377 e. The zero-order chi connectivity index (χ0) is 15.5. The Balaban J connectivity index is 1.57. The van der Waals surface area contributed by atoms with E-state index in [2.05, 4.69) is 21.0 Å². The van der Waals surface area contributed by atoms with Gasteiger partial charge < -0.3 is 9.64 Å². The lowest BCUT2D eigenvalue weighted by Crippen LogP contribution is -2.60. The molecule has 0 bridgehead atoms. The Morgan fingerprint density at radius 3 is 2.68 bits per heavy atom. The van der Waals surface area contributed by atoms with Gasteiger partial charge in [0.2, 0.25) is 5.91 Å². The van der Waals surface area contributed by atoms with Gasteiger partial charge >= 0.3 is 0 Å². The van der Waals surface area contributed by atoms with Crippen molar-refractivity contribution in [2.24, 2.45) is 10.2 Å². The lowest BCUT2D eigenvalue weighted by Gasteiger charge is -2.49. The number of hydrogen-bond acceptors (Lipinski definition) is 4. The Morgan fingerprint density at radius 1 is 1.23 bits per heavy atom. The standard InChI is InChI=1S/C17H25N3O2/c1-2-3-10-17(18-19-17)11-7-15(21)20-12-13-22-14-16(20)8-5-4-6-9-16/h1H,3-14H2. The molecule has 0 aromatic carbocycles. The number of carbonyl (C=O) groups excluding carboxylic acids is 1. The third-order valence-electron chi connectivity index (χ3n) is 5.28. The van der Waals surface area contributed by atoms with E-state index in [0.717, 1.165) is 25.8 Å². The number of amides is 1. The van der Waals surface area contributed by atoms with Crippen molar-refractivity contribution in [2.45, 2.75) is 69.0 Å². The fourth-order valence-electron chi connectivity index (χ4n) is 3.86. The number of hydrogen-bond donors (Lipinski definition) is 0. The molecule has 0 N–H and O–H groups in total. The average Bonchev–Trinajstić information content (AvgIpc) is 3.32. The second-order valence-corrected chi connectivity index (χ2v) is 6.77. The molecule has 1 amide bonds. The number of ether oxygens (including phenoxy) is 1. The van der Waals surface area contributed by atoms with Crippen LogP contribution in [0.3, 0.4) is 0 Å².